The van der Waals surface area contributed by atoms with Crippen molar-refractivity contribution in [1.29, 1.82) is 0 Å². The van der Waals surface area contributed by atoms with E-state index in [-0.39, 0.29) is 30.8 Å². The maximum Gasteiger partial charge on any atom is 0.410 e. The van der Waals surface area contributed by atoms with Crippen molar-refractivity contribution in [2.45, 2.75) is 99.5 Å². The zero-order chi connectivity index (χ0) is 55.2. The molecule has 3 N–H and O–H groups in total. The first-order valence-corrected chi connectivity index (χ1v) is 25.8. The van der Waals surface area contributed by atoms with Crippen molar-refractivity contribution in [2.75, 3.05) is 39.6 Å². The molecule has 0 radical (unpaired) electrons. The third-order valence-electron chi connectivity index (χ3n) is 12.2. The summed E-state index contributed by atoms with van der Waals surface area (Å²) in [5.74, 6) is 4.06. The van der Waals surface area contributed by atoms with Crippen molar-refractivity contribution in [3.05, 3.63) is 162 Å². The lowest BCUT2D eigenvalue weighted by Crippen LogP contribution is -2.40. The van der Waals surface area contributed by atoms with E-state index < -0.39 is 5.60 Å². The Labute approximate surface area is 454 Å². The number of rotatable bonds is 18. The summed E-state index contributed by atoms with van der Waals surface area (Å²) in [7, 11) is 0. The van der Waals surface area contributed by atoms with Crippen LogP contribution in [0, 0.1) is 20.8 Å². The van der Waals surface area contributed by atoms with E-state index in [9.17, 15) is 9.59 Å². The predicted octanol–water partition coefficient (Wildman–Crippen LogP) is 7.31. The van der Waals surface area contributed by atoms with Crippen LogP contribution < -0.4 is 30.2 Å². The molecule has 78 heavy (non-hydrogen) atoms. The van der Waals surface area contributed by atoms with Crippen molar-refractivity contribution < 1.29 is 28.5 Å². The largest absolute Gasteiger partial charge is 0.493 e. The van der Waals surface area contributed by atoms with Gasteiger partial charge in [0.25, 0.3) is 0 Å². The Morgan fingerprint density at radius 1 is 0.654 bits per heavy atom. The molecule has 0 fully saturated rings. The Hall–Kier alpha value is -8.47. The predicted molar refractivity (Wildman–Crippen MR) is 291 cm³/mol. The average molecular weight is 1060 g/mol. The fourth-order valence-electron chi connectivity index (χ4n) is 8.21. The first kappa shape index (κ1) is 55.8. The number of aryl methyl sites for hydroxylation is 3. The van der Waals surface area contributed by atoms with Crippen molar-refractivity contribution in [1.82, 2.24) is 79.4 Å². The van der Waals surface area contributed by atoms with Crippen LogP contribution in [-0.4, -0.2) is 121 Å². The van der Waals surface area contributed by atoms with Crippen LogP contribution >= 0.6 is 0 Å². The van der Waals surface area contributed by atoms with E-state index in [0.717, 1.165) is 72.4 Å². The number of imidazole rings is 3. The second-order valence-electron chi connectivity index (χ2n) is 19.8. The number of nitrogens with zero attached hydrogens (tertiary/aromatic N) is 13. The molecule has 2 aliphatic heterocycles. The fraction of sp³-hybridized carbons (Fsp3) is 0.375. The molecule has 0 saturated heterocycles. The summed E-state index contributed by atoms with van der Waals surface area (Å²) in [6.45, 7) is 22.0. The summed E-state index contributed by atoms with van der Waals surface area (Å²) in [5.41, 5.74) is 7.80. The SMILES string of the molecule is CC(=O)c1cc(C)nc(-n2ccnc2)n1.Cc1cc(C(C)NCCN(Cc2ccc3c(c2)OCO3)C(=O)OC(C)(C)C)nc(-n2ccnc2)n1.Cc1cc(C(C)NCCNCc2ccc3c(c2)CCO3)nc(-n2ccnc2)n1. The number of carbonyl (C=O) groups is 2. The Morgan fingerprint density at radius 3 is 1.78 bits per heavy atom. The summed E-state index contributed by atoms with van der Waals surface area (Å²) in [6, 6.07) is 17.9. The minimum Gasteiger partial charge on any atom is -0.493 e. The van der Waals surface area contributed by atoms with Crippen molar-refractivity contribution in [3.8, 4) is 35.1 Å². The van der Waals surface area contributed by atoms with Gasteiger partial charge in [0.05, 0.1) is 18.0 Å². The smallest absolute Gasteiger partial charge is 0.410 e. The van der Waals surface area contributed by atoms with Gasteiger partial charge in [-0.1, -0.05) is 18.2 Å². The van der Waals surface area contributed by atoms with Crippen molar-refractivity contribution in [3.63, 3.8) is 0 Å². The van der Waals surface area contributed by atoms with E-state index in [1.807, 2.05) is 95.8 Å². The Bertz CT molecular complexity index is 3240. The fourth-order valence-corrected chi connectivity index (χ4v) is 8.21. The van der Waals surface area contributed by atoms with Gasteiger partial charge >= 0.3 is 6.09 Å². The maximum atomic E-state index is 13.0. The third-order valence-corrected chi connectivity index (χ3v) is 12.2. The number of fused-ring (bicyclic) bond motifs is 2. The molecule has 8 heterocycles. The van der Waals surface area contributed by atoms with Gasteiger partial charge < -0.3 is 39.8 Å². The first-order chi connectivity index (χ1) is 37.5. The van der Waals surface area contributed by atoms with Crippen LogP contribution in [0.1, 0.15) is 109 Å². The van der Waals surface area contributed by atoms with E-state index in [1.54, 1.807) is 63.9 Å². The number of carbonyl (C=O) groups excluding carboxylic acids is 2. The van der Waals surface area contributed by atoms with E-state index >= 15 is 0 Å². The number of nitrogens with one attached hydrogen (secondary N) is 3. The van der Waals surface area contributed by atoms with E-state index in [2.05, 4.69) is 85.9 Å². The van der Waals surface area contributed by atoms with Crippen molar-refractivity contribution >= 4 is 11.9 Å². The lowest BCUT2D eigenvalue weighted by Gasteiger charge is -2.28. The van der Waals surface area contributed by atoms with Gasteiger partial charge in [0.15, 0.2) is 17.3 Å². The maximum absolute atomic E-state index is 13.0. The molecule has 1 amide bonds. The van der Waals surface area contributed by atoms with Gasteiger partial charge in [-0.2, -0.15) is 0 Å². The highest BCUT2D eigenvalue weighted by atomic mass is 16.7. The summed E-state index contributed by atoms with van der Waals surface area (Å²) >= 11 is 0. The van der Waals surface area contributed by atoms with Crippen LogP contribution in [0.4, 0.5) is 4.79 Å². The molecule has 0 spiro atoms. The summed E-state index contributed by atoms with van der Waals surface area (Å²) in [4.78, 5) is 64.6. The summed E-state index contributed by atoms with van der Waals surface area (Å²) in [5, 5.41) is 10.5. The number of benzene rings is 2. The van der Waals surface area contributed by atoms with Gasteiger partial charge in [0, 0.05) is 119 Å². The number of ketones is 1. The van der Waals surface area contributed by atoms with Crippen LogP contribution in [0.3, 0.4) is 0 Å². The Kier molecular flexibility index (Phi) is 18.6. The summed E-state index contributed by atoms with van der Waals surface area (Å²) in [6.07, 6.45) is 16.1. The molecule has 6 aromatic heterocycles. The van der Waals surface area contributed by atoms with Crippen LogP contribution in [0.2, 0.25) is 0 Å². The number of Topliss-reactive ketones (excluding diaryl/α,β-unsaturated/α-hetero) is 1. The normalized spacial score (nSPS) is 13.0. The lowest BCUT2D eigenvalue weighted by atomic mass is 10.1. The second kappa shape index (κ2) is 26.1. The molecule has 0 bridgehead atoms. The molecule has 2 atom stereocenters. The van der Waals surface area contributed by atoms with Gasteiger partial charge in [-0.05, 0) is 108 Å². The molecule has 2 unspecified atom stereocenters. The second-order valence-corrected chi connectivity index (χ2v) is 19.8. The molecule has 2 aromatic carbocycles. The third kappa shape index (κ3) is 15.8. The molecule has 408 valence electrons. The Balaban J connectivity index is 0.000000166. The highest BCUT2D eigenvalue weighted by molar-refractivity contribution is 5.92. The molecule has 0 saturated carbocycles. The van der Waals surface area contributed by atoms with Crippen LogP contribution in [-0.2, 0) is 24.2 Å². The quantitative estimate of drug-likeness (QED) is 0.0564. The van der Waals surface area contributed by atoms with Gasteiger partial charge in [-0.25, -0.2) is 49.7 Å². The van der Waals surface area contributed by atoms with Gasteiger partial charge in [-0.3, -0.25) is 18.5 Å². The van der Waals surface area contributed by atoms with E-state index in [0.29, 0.717) is 54.7 Å². The first-order valence-electron chi connectivity index (χ1n) is 25.8. The van der Waals surface area contributed by atoms with E-state index in [1.165, 1.54) is 18.1 Å². The molecular formula is C56H68N16O6. The van der Waals surface area contributed by atoms with Crippen LogP contribution in [0.5, 0.6) is 17.2 Å². The minimum absolute atomic E-state index is 0.0509. The topological polar surface area (TPSA) is 241 Å². The van der Waals surface area contributed by atoms with Crippen LogP contribution in [0.15, 0.2) is 111 Å². The van der Waals surface area contributed by atoms with E-state index in [4.69, 9.17) is 18.9 Å². The number of amides is 1. The number of hydrogen-bond acceptors (Lipinski definition) is 18. The number of ether oxygens (including phenoxy) is 4. The highest BCUT2D eigenvalue weighted by Gasteiger charge is 2.24. The van der Waals surface area contributed by atoms with Gasteiger partial charge in [0.2, 0.25) is 24.6 Å². The van der Waals surface area contributed by atoms with Crippen LogP contribution in [0.25, 0.3) is 17.8 Å². The van der Waals surface area contributed by atoms with Crippen molar-refractivity contribution in [2.24, 2.45) is 0 Å². The molecule has 22 heteroatoms. The number of aromatic nitrogens is 12. The lowest BCUT2D eigenvalue weighted by molar-refractivity contribution is 0.0234. The average Bonchev–Trinajstić information content (AvgIpc) is 4.28. The zero-order valence-electron chi connectivity index (χ0n) is 45.7. The minimum atomic E-state index is -0.590. The molecule has 22 nitrogen and oxygen atoms in total. The molecule has 8 aromatic rings. The Morgan fingerprint density at radius 2 is 1.21 bits per heavy atom. The van der Waals surface area contributed by atoms with Gasteiger partial charge in [-0.15, -0.1) is 0 Å². The monoisotopic (exact) mass is 1060 g/mol. The van der Waals surface area contributed by atoms with Gasteiger partial charge in [0.1, 0.15) is 36.0 Å². The highest BCUT2D eigenvalue weighted by Crippen LogP contribution is 2.33. The standard InChI is InChI=1S/C25H32N6O4.C21H26N6O.C10H10N4O/c1-17-12-20(29-23(28-17)31-10-8-26-15-31)18(2)27-9-11-30(24(32)35-25(3,4)5)14-19-6-7-21-22(13-19)34-16-33-21;1-15-11-19(26-21(25-15)27-9-8-23-14-27)16(2)24-7-6-22-13-17-3-4-20-18(12-17)5-10-28-20;1-7-5-9(8(2)15)13-10(12-7)14-4-3-11-6-14/h6-8,10,12-13,15,18,27H,9,11,14,16H2,1-5H3;3-4,8-9,11-12,14,16,22,24H,5-7,10,13H2,1-2H3;3-6H,1-2H3. The number of hydrogen-bond donors (Lipinski definition) is 3. The zero-order valence-corrected chi connectivity index (χ0v) is 45.7. The molecule has 10 rings (SSSR count). The molecular weight excluding hydrogens is 993 g/mol. The molecule has 0 aliphatic carbocycles. The summed E-state index contributed by atoms with van der Waals surface area (Å²) < 4.78 is 27.4. The molecule has 2 aliphatic rings.